The number of methoxy groups -OCH3 is 1. The van der Waals surface area contributed by atoms with Crippen LogP contribution in [0.2, 0.25) is 0 Å². The lowest BCUT2D eigenvalue weighted by Crippen LogP contribution is -2.27. The second-order valence-corrected chi connectivity index (χ2v) is 6.17. The molecule has 7 heteroatoms. The maximum absolute atomic E-state index is 13.1. The minimum atomic E-state index is -2.75. The molecule has 1 aromatic carbocycles. The van der Waals surface area contributed by atoms with Crippen LogP contribution in [0, 0.1) is 5.92 Å². The summed E-state index contributed by atoms with van der Waals surface area (Å²) < 4.78 is 31.4. The van der Waals surface area contributed by atoms with Gasteiger partial charge in [0, 0.05) is 29.8 Å². The summed E-state index contributed by atoms with van der Waals surface area (Å²) in [5.41, 5.74) is 1.22. The highest BCUT2D eigenvalue weighted by Gasteiger charge is 2.32. The van der Waals surface area contributed by atoms with Gasteiger partial charge in [-0.25, -0.2) is 8.78 Å². The smallest absolute Gasteiger partial charge is 0.280 e. The molecule has 26 heavy (non-hydrogen) atoms. The number of carbonyl (C=O) groups is 2. The van der Waals surface area contributed by atoms with Gasteiger partial charge in [-0.05, 0) is 42.7 Å². The van der Waals surface area contributed by atoms with E-state index in [0.717, 1.165) is 12.8 Å². The minimum Gasteiger partial charge on any atom is -0.494 e. The number of halogens is 2. The third kappa shape index (κ3) is 3.42. The van der Waals surface area contributed by atoms with Crippen molar-refractivity contribution in [1.82, 2.24) is 4.98 Å². The lowest BCUT2D eigenvalue weighted by molar-refractivity contribution is -0.119. The molecule has 1 aliphatic rings. The molecule has 0 atom stereocenters. The fraction of sp³-hybridized carbons (Fsp3) is 0.316. The van der Waals surface area contributed by atoms with E-state index in [2.05, 4.69) is 4.98 Å². The highest BCUT2D eigenvalue weighted by molar-refractivity contribution is 5.98. The standard InChI is InChI=1S/C19H18F2N2O3/c1-23(19(25)11-3-4-11)13-6-5-12(10-24)14(7-13)15-8-16(18(20)21)22-9-17(15)26-2/h5-11,18H,3-4H2,1-2H3. The number of alkyl halides is 2. The fourth-order valence-electron chi connectivity index (χ4n) is 2.77. The predicted octanol–water partition coefficient (Wildman–Crippen LogP) is 3.88. The predicted molar refractivity (Wildman–Crippen MR) is 92.7 cm³/mol. The van der Waals surface area contributed by atoms with Crippen molar-refractivity contribution < 1.29 is 23.1 Å². The van der Waals surface area contributed by atoms with Crippen LogP contribution in [-0.4, -0.2) is 31.3 Å². The van der Waals surface area contributed by atoms with Gasteiger partial charge in [-0.2, -0.15) is 0 Å². The molecule has 1 aromatic heterocycles. The van der Waals surface area contributed by atoms with E-state index in [-0.39, 0.29) is 17.6 Å². The monoisotopic (exact) mass is 360 g/mol. The number of hydrogen-bond donors (Lipinski definition) is 0. The van der Waals surface area contributed by atoms with E-state index < -0.39 is 12.1 Å². The summed E-state index contributed by atoms with van der Waals surface area (Å²) in [5.74, 6) is 0.311. The van der Waals surface area contributed by atoms with E-state index in [9.17, 15) is 18.4 Å². The largest absolute Gasteiger partial charge is 0.494 e. The zero-order valence-electron chi connectivity index (χ0n) is 14.4. The number of carbonyl (C=O) groups excluding carboxylic acids is 2. The van der Waals surface area contributed by atoms with E-state index in [1.54, 1.807) is 25.2 Å². The molecule has 0 radical (unpaired) electrons. The van der Waals surface area contributed by atoms with Crippen LogP contribution in [0.3, 0.4) is 0 Å². The number of pyridine rings is 1. The molecule has 0 bridgehead atoms. The summed E-state index contributed by atoms with van der Waals surface area (Å²) in [6.45, 7) is 0. The van der Waals surface area contributed by atoms with Crippen molar-refractivity contribution in [3.05, 3.63) is 41.7 Å². The fourth-order valence-corrected chi connectivity index (χ4v) is 2.77. The van der Waals surface area contributed by atoms with Gasteiger partial charge in [0.1, 0.15) is 11.4 Å². The third-order valence-electron chi connectivity index (χ3n) is 4.43. The molecule has 0 unspecified atom stereocenters. The van der Waals surface area contributed by atoms with Gasteiger partial charge in [0.2, 0.25) is 5.91 Å². The number of benzene rings is 1. The number of amides is 1. The number of hydrogen-bond acceptors (Lipinski definition) is 4. The molecule has 0 saturated heterocycles. The molecule has 5 nitrogen and oxygen atoms in total. The first-order valence-electron chi connectivity index (χ1n) is 8.15. The summed E-state index contributed by atoms with van der Waals surface area (Å²) in [4.78, 5) is 29.0. The molecule has 1 saturated carbocycles. The molecule has 0 N–H and O–H groups in total. The highest BCUT2D eigenvalue weighted by atomic mass is 19.3. The van der Waals surface area contributed by atoms with Crippen LogP contribution < -0.4 is 9.64 Å². The molecular formula is C19H18F2N2O3. The van der Waals surface area contributed by atoms with Gasteiger partial charge in [0.25, 0.3) is 6.43 Å². The third-order valence-corrected chi connectivity index (χ3v) is 4.43. The molecule has 0 aliphatic heterocycles. The average molecular weight is 360 g/mol. The van der Waals surface area contributed by atoms with Crippen LogP contribution in [0.1, 0.15) is 35.3 Å². The Labute approximate surface area is 149 Å². The molecule has 0 spiro atoms. The molecule has 1 heterocycles. The molecule has 1 amide bonds. The quantitative estimate of drug-likeness (QED) is 0.734. The number of aromatic nitrogens is 1. The average Bonchev–Trinajstić information content (AvgIpc) is 3.50. The Balaban J connectivity index is 2.11. The van der Waals surface area contributed by atoms with E-state index in [1.807, 2.05) is 0 Å². The SMILES string of the molecule is COc1cnc(C(F)F)cc1-c1cc(N(C)C(=O)C2CC2)ccc1C=O. The molecule has 3 rings (SSSR count). The summed E-state index contributed by atoms with van der Waals surface area (Å²) in [6, 6.07) is 6.07. The first kappa shape index (κ1) is 18.0. The Kier molecular flexibility index (Phi) is 4.97. The van der Waals surface area contributed by atoms with Crippen molar-refractivity contribution in [3.8, 4) is 16.9 Å². The van der Waals surface area contributed by atoms with Crippen LogP contribution in [0.15, 0.2) is 30.5 Å². The van der Waals surface area contributed by atoms with Crippen LogP contribution in [0.4, 0.5) is 14.5 Å². The first-order valence-corrected chi connectivity index (χ1v) is 8.15. The zero-order chi connectivity index (χ0) is 18.8. The topological polar surface area (TPSA) is 59.5 Å². The van der Waals surface area contributed by atoms with E-state index in [4.69, 9.17) is 4.74 Å². The minimum absolute atomic E-state index is 0.00441. The summed E-state index contributed by atoms with van der Waals surface area (Å²) in [6.07, 6.45) is 0.846. The van der Waals surface area contributed by atoms with E-state index in [1.165, 1.54) is 24.3 Å². The Morgan fingerprint density at radius 2 is 2.04 bits per heavy atom. The number of aldehydes is 1. The number of anilines is 1. The van der Waals surface area contributed by atoms with Gasteiger partial charge in [-0.15, -0.1) is 0 Å². The number of ether oxygens (including phenoxy) is 1. The summed E-state index contributed by atoms with van der Waals surface area (Å²) in [7, 11) is 3.06. The normalized spacial score (nSPS) is 13.6. The summed E-state index contributed by atoms with van der Waals surface area (Å²) in [5, 5.41) is 0. The molecule has 2 aromatic rings. The van der Waals surface area contributed by atoms with Gasteiger partial charge < -0.3 is 9.64 Å². The van der Waals surface area contributed by atoms with Gasteiger partial charge in [-0.1, -0.05) is 0 Å². The Morgan fingerprint density at radius 1 is 1.31 bits per heavy atom. The molecule has 1 fully saturated rings. The van der Waals surface area contributed by atoms with Crippen molar-refractivity contribution >= 4 is 17.9 Å². The number of rotatable bonds is 6. The lowest BCUT2D eigenvalue weighted by Gasteiger charge is -2.19. The summed E-state index contributed by atoms with van der Waals surface area (Å²) >= 11 is 0. The molecule has 1 aliphatic carbocycles. The second-order valence-electron chi connectivity index (χ2n) is 6.17. The van der Waals surface area contributed by atoms with Crippen LogP contribution >= 0.6 is 0 Å². The Morgan fingerprint density at radius 3 is 2.62 bits per heavy atom. The first-order chi connectivity index (χ1) is 12.5. The molecular weight excluding hydrogens is 342 g/mol. The van der Waals surface area contributed by atoms with Crippen LogP contribution in [-0.2, 0) is 4.79 Å². The highest BCUT2D eigenvalue weighted by Crippen LogP contribution is 2.37. The maximum atomic E-state index is 13.1. The molecule has 136 valence electrons. The number of nitrogens with zero attached hydrogens (tertiary/aromatic N) is 2. The van der Waals surface area contributed by atoms with Gasteiger partial charge in [0.15, 0.2) is 6.29 Å². The van der Waals surface area contributed by atoms with Gasteiger partial charge in [-0.3, -0.25) is 14.6 Å². The maximum Gasteiger partial charge on any atom is 0.280 e. The van der Waals surface area contributed by atoms with Crippen molar-refractivity contribution in [1.29, 1.82) is 0 Å². The Bertz CT molecular complexity index is 851. The van der Waals surface area contributed by atoms with Crippen molar-refractivity contribution in [2.45, 2.75) is 19.3 Å². The lowest BCUT2D eigenvalue weighted by atomic mass is 9.98. The van der Waals surface area contributed by atoms with Crippen molar-refractivity contribution in [2.24, 2.45) is 5.92 Å². The second kappa shape index (κ2) is 7.19. The van der Waals surface area contributed by atoms with Crippen molar-refractivity contribution in [2.75, 3.05) is 19.1 Å². The van der Waals surface area contributed by atoms with Gasteiger partial charge >= 0.3 is 0 Å². The van der Waals surface area contributed by atoms with Gasteiger partial charge in [0.05, 0.1) is 13.3 Å². The van der Waals surface area contributed by atoms with Crippen LogP contribution in [0.5, 0.6) is 5.75 Å². The van der Waals surface area contributed by atoms with E-state index >= 15 is 0 Å². The zero-order valence-corrected chi connectivity index (χ0v) is 14.4. The van der Waals surface area contributed by atoms with Crippen molar-refractivity contribution in [3.63, 3.8) is 0 Å². The Hall–Kier alpha value is -2.83. The van der Waals surface area contributed by atoms with Crippen LogP contribution in [0.25, 0.3) is 11.1 Å². The van der Waals surface area contributed by atoms with E-state index in [0.29, 0.717) is 28.7 Å².